The molecule has 1 aromatic rings. The monoisotopic (exact) mass is 350 g/mol. The summed E-state index contributed by atoms with van der Waals surface area (Å²) in [6.07, 6.45) is 9.12. The van der Waals surface area contributed by atoms with E-state index >= 15 is 0 Å². The Kier molecular flexibility index (Phi) is 7.34. The minimum absolute atomic E-state index is 0.0530. The topological polar surface area (TPSA) is 36.8 Å². The van der Waals surface area contributed by atoms with Gasteiger partial charge in [0, 0.05) is 10.4 Å². The largest absolute Gasteiger partial charge is 0.386 e. The Balaban J connectivity index is 0.00000100. The number of quaternary nitrogens is 1. The Labute approximate surface area is 152 Å². The van der Waals surface area contributed by atoms with E-state index in [9.17, 15) is 5.11 Å². The molecule has 2 unspecified atom stereocenters. The molecule has 0 amide bonds. The van der Waals surface area contributed by atoms with Gasteiger partial charge in [0.2, 0.25) is 0 Å². The lowest BCUT2D eigenvalue weighted by Crippen LogP contribution is -2.82. The molecule has 0 saturated heterocycles. The lowest BCUT2D eigenvalue weighted by Gasteiger charge is -2.45. The average molecular weight is 351 g/mol. The third kappa shape index (κ3) is 4.41. The van der Waals surface area contributed by atoms with Crippen molar-refractivity contribution in [2.24, 2.45) is 5.92 Å². The molecule has 0 heterocycles. The Bertz CT molecular complexity index is 533. The van der Waals surface area contributed by atoms with Crippen molar-refractivity contribution in [3.05, 3.63) is 46.6 Å². The van der Waals surface area contributed by atoms with Crippen molar-refractivity contribution in [1.82, 2.24) is 0 Å². The number of hydrogen-bond donors (Lipinski definition) is 2. The van der Waals surface area contributed by atoms with Gasteiger partial charge in [-0.25, -0.2) is 0 Å². The zero-order chi connectivity index (χ0) is 17.6. The number of allylic oxidation sites excluding steroid dienone is 1. The van der Waals surface area contributed by atoms with Crippen molar-refractivity contribution in [2.45, 2.75) is 70.8 Å². The molecule has 2 saturated carbocycles. The van der Waals surface area contributed by atoms with Gasteiger partial charge in [0.15, 0.2) is 0 Å². The minimum atomic E-state index is -0.293. The summed E-state index contributed by atoms with van der Waals surface area (Å²) in [4.78, 5) is 0. The summed E-state index contributed by atoms with van der Waals surface area (Å²) in [6.45, 7) is 7.07. The summed E-state index contributed by atoms with van der Waals surface area (Å²) >= 11 is 5.99. The van der Waals surface area contributed by atoms with Crippen LogP contribution in [0.15, 0.2) is 36.0 Å². The molecule has 0 aromatic heterocycles. The molecule has 3 N–H and O–H groups in total. The highest BCUT2D eigenvalue weighted by Gasteiger charge is 2.45. The van der Waals surface area contributed by atoms with Crippen molar-refractivity contribution in [3.63, 3.8) is 0 Å². The third-order valence-electron chi connectivity index (χ3n) is 5.58. The van der Waals surface area contributed by atoms with Gasteiger partial charge in [-0.15, -0.1) is 0 Å². The maximum atomic E-state index is 10.8. The second-order valence-electron chi connectivity index (χ2n) is 7.18. The third-order valence-corrected chi connectivity index (χ3v) is 5.84. The fourth-order valence-corrected chi connectivity index (χ4v) is 4.10. The predicted molar refractivity (Wildman–Crippen MR) is 102 cm³/mol. The van der Waals surface area contributed by atoms with Crippen LogP contribution in [0.5, 0.6) is 0 Å². The van der Waals surface area contributed by atoms with Crippen LogP contribution in [0.1, 0.15) is 64.9 Å². The number of benzene rings is 1. The first-order chi connectivity index (χ1) is 11.6. The lowest BCUT2D eigenvalue weighted by molar-refractivity contribution is -0.598. The Hall–Kier alpha value is -0.830. The van der Waals surface area contributed by atoms with Crippen molar-refractivity contribution in [3.8, 4) is 0 Å². The van der Waals surface area contributed by atoms with Crippen LogP contribution in [-0.4, -0.2) is 17.8 Å². The van der Waals surface area contributed by atoms with E-state index in [4.69, 9.17) is 11.6 Å². The molecule has 2 aliphatic carbocycles. The second-order valence-corrected chi connectivity index (χ2v) is 7.61. The van der Waals surface area contributed by atoms with E-state index < -0.39 is 0 Å². The molecule has 2 atom stereocenters. The summed E-state index contributed by atoms with van der Waals surface area (Å²) in [7, 11) is 0. The Morgan fingerprint density at radius 1 is 1.29 bits per heavy atom. The number of aliphatic hydroxyl groups is 1. The van der Waals surface area contributed by atoms with Crippen molar-refractivity contribution >= 4 is 11.6 Å². The number of nitrogens with two attached hydrogens (primary N) is 1. The highest BCUT2D eigenvalue weighted by atomic mass is 35.5. The van der Waals surface area contributed by atoms with Crippen molar-refractivity contribution in [2.75, 3.05) is 6.54 Å². The van der Waals surface area contributed by atoms with Gasteiger partial charge in [-0.2, -0.15) is 0 Å². The van der Waals surface area contributed by atoms with Gasteiger partial charge in [-0.3, -0.25) is 0 Å². The van der Waals surface area contributed by atoms with Crippen LogP contribution in [0.2, 0.25) is 5.02 Å². The van der Waals surface area contributed by atoms with Crippen LogP contribution in [0.3, 0.4) is 0 Å². The molecular weight excluding hydrogens is 318 g/mol. The smallest absolute Gasteiger partial charge is 0.113 e. The molecule has 2 aliphatic rings. The fraction of sp³-hybridized carbons (Fsp3) is 0.619. The lowest BCUT2D eigenvalue weighted by atomic mass is 9.61. The highest BCUT2D eigenvalue weighted by Crippen LogP contribution is 2.46. The van der Waals surface area contributed by atoms with Gasteiger partial charge in [-0.05, 0) is 61.3 Å². The summed E-state index contributed by atoms with van der Waals surface area (Å²) in [5.41, 5.74) is 2.74. The predicted octanol–water partition coefficient (Wildman–Crippen LogP) is 4.42. The molecule has 3 heteroatoms. The molecule has 3 rings (SSSR count). The second kappa shape index (κ2) is 9.03. The van der Waals surface area contributed by atoms with Crippen LogP contribution < -0.4 is 5.32 Å². The molecule has 2 nitrogen and oxygen atoms in total. The normalized spacial score (nSPS) is 24.9. The summed E-state index contributed by atoms with van der Waals surface area (Å²) in [5.74, 6) is 0.830. The average Bonchev–Trinajstić information content (AvgIpc) is 2.95. The van der Waals surface area contributed by atoms with E-state index in [1.54, 1.807) is 5.57 Å². The first-order valence-electron chi connectivity index (χ1n) is 9.55. The zero-order valence-electron chi connectivity index (χ0n) is 15.4. The Morgan fingerprint density at radius 3 is 2.46 bits per heavy atom. The number of hydrogen-bond acceptors (Lipinski definition) is 1. The molecule has 0 aliphatic heterocycles. The van der Waals surface area contributed by atoms with Crippen LogP contribution >= 0.6 is 11.6 Å². The van der Waals surface area contributed by atoms with E-state index in [0.717, 1.165) is 30.3 Å². The first-order valence-corrected chi connectivity index (χ1v) is 9.93. The van der Waals surface area contributed by atoms with E-state index in [2.05, 4.69) is 30.6 Å². The molecule has 1 aromatic carbocycles. The maximum absolute atomic E-state index is 10.8. The van der Waals surface area contributed by atoms with Crippen LogP contribution in [0.4, 0.5) is 0 Å². The summed E-state index contributed by atoms with van der Waals surface area (Å²) < 4.78 is 0. The number of rotatable bonds is 5. The van der Waals surface area contributed by atoms with Gasteiger partial charge in [-0.1, -0.05) is 50.9 Å². The van der Waals surface area contributed by atoms with Gasteiger partial charge in [0.05, 0.1) is 6.20 Å². The van der Waals surface area contributed by atoms with Crippen LogP contribution in [-0.2, 0) is 5.41 Å². The minimum Gasteiger partial charge on any atom is -0.386 e. The highest BCUT2D eigenvalue weighted by molar-refractivity contribution is 6.30. The van der Waals surface area contributed by atoms with E-state index in [-0.39, 0.29) is 11.5 Å². The molecule has 0 spiro atoms. The summed E-state index contributed by atoms with van der Waals surface area (Å²) in [6, 6.07) is 8.05. The molecule has 24 heavy (non-hydrogen) atoms. The molecule has 0 radical (unpaired) electrons. The van der Waals surface area contributed by atoms with E-state index in [0.29, 0.717) is 0 Å². The van der Waals surface area contributed by atoms with Gasteiger partial charge >= 0.3 is 0 Å². The van der Waals surface area contributed by atoms with Gasteiger partial charge in [0.1, 0.15) is 12.6 Å². The number of halogens is 1. The standard InChI is InChI=1S/C19H26ClNO.C2H6/c1-14-3-4-15(11-14)12-21-13-18(22)19(9-2-10-19)16-5-7-17(20)8-6-16;1-2/h5-8,12,14,18,21-22H,2-4,9-11,13H2,1H3;1-2H3/p+1/b15-12+;. The molecule has 134 valence electrons. The SMILES string of the molecule is CC.CC1CC/C(=C\[NH2+]CC(O)C2(c3ccc(Cl)cc3)CCC2)C1. The van der Waals surface area contributed by atoms with Gasteiger partial charge < -0.3 is 10.4 Å². The summed E-state index contributed by atoms with van der Waals surface area (Å²) in [5, 5.41) is 13.7. The van der Waals surface area contributed by atoms with Gasteiger partial charge in [0.25, 0.3) is 0 Å². The zero-order valence-corrected chi connectivity index (χ0v) is 16.1. The van der Waals surface area contributed by atoms with Crippen LogP contribution in [0, 0.1) is 5.92 Å². The van der Waals surface area contributed by atoms with Crippen LogP contribution in [0.25, 0.3) is 0 Å². The number of aliphatic hydroxyl groups excluding tert-OH is 1. The molecule has 0 bridgehead atoms. The van der Waals surface area contributed by atoms with E-state index in [1.165, 1.54) is 31.2 Å². The van der Waals surface area contributed by atoms with Crippen molar-refractivity contribution in [1.29, 1.82) is 0 Å². The first kappa shape index (κ1) is 19.5. The van der Waals surface area contributed by atoms with E-state index in [1.807, 2.05) is 26.0 Å². The maximum Gasteiger partial charge on any atom is 0.113 e. The molecular formula is C21H33ClNO+. The fourth-order valence-electron chi connectivity index (χ4n) is 3.98. The molecule has 2 fully saturated rings. The quantitative estimate of drug-likeness (QED) is 0.810. The van der Waals surface area contributed by atoms with Crippen molar-refractivity contribution < 1.29 is 10.4 Å². The Morgan fingerprint density at radius 2 is 1.96 bits per heavy atom.